The SMILES string of the molecule is CCN(C(=O)Cc1ccc(F)c(F)c1)C1CCC(=O)CC1N1CCC1. The van der Waals surface area contributed by atoms with Gasteiger partial charge in [0, 0.05) is 31.5 Å². The number of likely N-dealkylation sites (tertiary alicyclic amines) is 1. The van der Waals surface area contributed by atoms with Crippen molar-refractivity contribution in [1.29, 1.82) is 0 Å². The average Bonchev–Trinajstić information content (AvgIpc) is 2.52. The van der Waals surface area contributed by atoms with Gasteiger partial charge in [-0.2, -0.15) is 0 Å². The van der Waals surface area contributed by atoms with E-state index in [0.717, 1.165) is 31.6 Å². The van der Waals surface area contributed by atoms with Gasteiger partial charge in [0.2, 0.25) is 5.91 Å². The van der Waals surface area contributed by atoms with E-state index in [1.165, 1.54) is 6.07 Å². The van der Waals surface area contributed by atoms with Crippen LogP contribution in [0.15, 0.2) is 18.2 Å². The fourth-order valence-corrected chi connectivity index (χ4v) is 3.90. The molecule has 0 radical (unpaired) electrons. The van der Waals surface area contributed by atoms with Crippen molar-refractivity contribution in [1.82, 2.24) is 9.80 Å². The smallest absolute Gasteiger partial charge is 0.227 e. The number of hydrogen-bond acceptors (Lipinski definition) is 3. The topological polar surface area (TPSA) is 40.6 Å². The molecule has 136 valence electrons. The van der Waals surface area contributed by atoms with Crippen molar-refractivity contribution in [3.05, 3.63) is 35.4 Å². The molecule has 0 aromatic heterocycles. The van der Waals surface area contributed by atoms with Gasteiger partial charge in [-0.3, -0.25) is 14.5 Å². The zero-order valence-corrected chi connectivity index (χ0v) is 14.5. The molecule has 1 amide bonds. The van der Waals surface area contributed by atoms with Crippen LogP contribution in [-0.2, 0) is 16.0 Å². The number of carbonyl (C=O) groups excluding carboxylic acids is 2. The molecule has 2 fully saturated rings. The van der Waals surface area contributed by atoms with Crippen molar-refractivity contribution in [2.45, 2.75) is 51.1 Å². The lowest BCUT2D eigenvalue weighted by Gasteiger charge is -2.47. The maximum atomic E-state index is 13.4. The van der Waals surface area contributed by atoms with Crippen molar-refractivity contribution in [3.63, 3.8) is 0 Å². The minimum atomic E-state index is -0.935. The molecule has 0 spiro atoms. The molecule has 2 unspecified atom stereocenters. The monoisotopic (exact) mass is 350 g/mol. The van der Waals surface area contributed by atoms with Crippen molar-refractivity contribution >= 4 is 11.7 Å². The van der Waals surface area contributed by atoms with Crippen LogP contribution in [0, 0.1) is 11.6 Å². The molecule has 1 aromatic rings. The van der Waals surface area contributed by atoms with E-state index >= 15 is 0 Å². The van der Waals surface area contributed by atoms with Crippen LogP contribution in [0.1, 0.15) is 38.2 Å². The van der Waals surface area contributed by atoms with Gasteiger partial charge in [-0.15, -0.1) is 0 Å². The van der Waals surface area contributed by atoms with E-state index in [-0.39, 0.29) is 30.2 Å². The van der Waals surface area contributed by atoms with Gasteiger partial charge in [0.25, 0.3) is 0 Å². The van der Waals surface area contributed by atoms with E-state index in [9.17, 15) is 18.4 Å². The first-order valence-electron chi connectivity index (χ1n) is 8.98. The Balaban J connectivity index is 1.73. The molecule has 1 saturated carbocycles. The Morgan fingerprint density at radius 2 is 2.04 bits per heavy atom. The van der Waals surface area contributed by atoms with Crippen molar-refractivity contribution in [2.24, 2.45) is 0 Å². The summed E-state index contributed by atoms with van der Waals surface area (Å²) in [5.41, 5.74) is 0.467. The molecular weight excluding hydrogens is 326 g/mol. The Morgan fingerprint density at radius 3 is 2.64 bits per heavy atom. The highest BCUT2D eigenvalue weighted by Gasteiger charge is 2.39. The normalized spacial score (nSPS) is 24.0. The second-order valence-electron chi connectivity index (χ2n) is 6.91. The van der Waals surface area contributed by atoms with Crippen LogP contribution in [0.4, 0.5) is 8.78 Å². The maximum absolute atomic E-state index is 13.4. The molecule has 1 heterocycles. The van der Waals surface area contributed by atoms with Crippen LogP contribution in [0.25, 0.3) is 0 Å². The van der Waals surface area contributed by atoms with Gasteiger partial charge >= 0.3 is 0 Å². The summed E-state index contributed by atoms with van der Waals surface area (Å²) in [5, 5.41) is 0. The van der Waals surface area contributed by atoms with Crippen LogP contribution in [0.5, 0.6) is 0 Å². The van der Waals surface area contributed by atoms with Crippen molar-refractivity contribution < 1.29 is 18.4 Å². The molecule has 2 atom stereocenters. The van der Waals surface area contributed by atoms with Crippen LogP contribution in [0.2, 0.25) is 0 Å². The van der Waals surface area contributed by atoms with E-state index in [1.807, 2.05) is 11.8 Å². The molecule has 2 aliphatic rings. The summed E-state index contributed by atoms with van der Waals surface area (Å²) >= 11 is 0. The third-order valence-electron chi connectivity index (χ3n) is 5.36. The number of carbonyl (C=O) groups is 2. The van der Waals surface area contributed by atoms with Gasteiger partial charge in [-0.05, 0) is 50.6 Å². The third kappa shape index (κ3) is 3.89. The molecule has 6 heteroatoms. The molecule has 3 rings (SSSR count). The highest BCUT2D eigenvalue weighted by atomic mass is 19.2. The summed E-state index contributed by atoms with van der Waals surface area (Å²) in [4.78, 5) is 28.8. The largest absolute Gasteiger partial charge is 0.338 e. The van der Waals surface area contributed by atoms with E-state index < -0.39 is 11.6 Å². The van der Waals surface area contributed by atoms with Gasteiger partial charge < -0.3 is 4.90 Å². The Bertz CT molecular complexity index is 661. The Morgan fingerprint density at radius 1 is 1.28 bits per heavy atom. The summed E-state index contributed by atoms with van der Waals surface area (Å²) < 4.78 is 26.5. The minimum absolute atomic E-state index is 0.0146. The molecule has 0 bridgehead atoms. The predicted molar refractivity (Wildman–Crippen MR) is 90.1 cm³/mol. The molecular formula is C19H24F2N2O2. The van der Waals surface area contributed by atoms with Crippen LogP contribution < -0.4 is 0 Å². The minimum Gasteiger partial charge on any atom is -0.338 e. The number of amides is 1. The molecule has 25 heavy (non-hydrogen) atoms. The zero-order chi connectivity index (χ0) is 18.0. The first-order valence-corrected chi connectivity index (χ1v) is 8.98. The summed E-state index contributed by atoms with van der Waals surface area (Å²) in [5.74, 6) is -1.68. The van der Waals surface area contributed by atoms with E-state index in [4.69, 9.17) is 0 Å². The summed E-state index contributed by atoms with van der Waals surface area (Å²) in [6.07, 6.45) is 2.86. The first-order chi connectivity index (χ1) is 12.0. The molecule has 1 saturated heterocycles. The summed E-state index contributed by atoms with van der Waals surface area (Å²) in [7, 11) is 0. The number of Topliss-reactive ketones (excluding diaryl/α,β-unsaturated/α-hetero) is 1. The Hall–Kier alpha value is -1.82. The lowest BCUT2D eigenvalue weighted by molar-refractivity contribution is -0.139. The second-order valence-corrected chi connectivity index (χ2v) is 6.91. The van der Waals surface area contributed by atoms with Gasteiger partial charge in [-0.25, -0.2) is 8.78 Å². The number of ketones is 1. The number of hydrogen-bond donors (Lipinski definition) is 0. The Kier molecular flexibility index (Phi) is 5.47. The van der Waals surface area contributed by atoms with Crippen LogP contribution in [0.3, 0.4) is 0 Å². The Labute approximate surface area is 146 Å². The standard InChI is InChI=1S/C19H24F2N2O2/c1-2-23(19(25)11-13-4-6-15(20)16(21)10-13)17-7-5-14(24)12-18(17)22-8-3-9-22/h4,6,10,17-18H,2-3,5,7-9,11-12H2,1H3. The number of likely N-dealkylation sites (N-methyl/N-ethyl adjacent to an activating group) is 1. The van der Waals surface area contributed by atoms with Crippen LogP contribution in [-0.4, -0.2) is 53.2 Å². The van der Waals surface area contributed by atoms with Gasteiger partial charge in [0.15, 0.2) is 11.6 Å². The first kappa shape index (κ1) is 18.0. The third-order valence-corrected chi connectivity index (χ3v) is 5.36. The lowest BCUT2D eigenvalue weighted by atomic mass is 9.85. The predicted octanol–water partition coefficient (Wildman–Crippen LogP) is 2.55. The fraction of sp³-hybridized carbons (Fsp3) is 0.579. The number of halogens is 2. The molecule has 1 aliphatic carbocycles. The van der Waals surface area contributed by atoms with Gasteiger partial charge in [0.05, 0.1) is 6.42 Å². The van der Waals surface area contributed by atoms with Crippen molar-refractivity contribution in [3.8, 4) is 0 Å². The molecule has 1 aliphatic heterocycles. The highest BCUT2D eigenvalue weighted by Crippen LogP contribution is 2.29. The van der Waals surface area contributed by atoms with E-state index in [0.29, 0.717) is 31.4 Å². The maximum Gasteiger partial charge on any atom is 0.227 e. The molecule has 0 N–H and O–H groups in total. The lowest BCUT2D eigenvalue weighted by Crippen LogP contribution is -2.59. The quantitative estimate of drug-likeness (QED) is 0.819. The second kappa shape index (κ2) is 7.60. The highest BCUT2D eigenvalue weighted by molar-refractivity contribution is 5.82. The van der Waals surface area contributed by atoms with E-state index in [2.05, 4.69) is 4.90 Å². The number of nitrogens with zero attached hydrogens (tertiary/aromatic N) is 2. The van der Waals surface area contributed by atoms with Crippen LogP contribution >= 0.6 is 0 Å². The van der Waals surface area contributed by atoms with E-state index in [1.54, 1.807) is 0 Å². The average molecular weight is 350 g/mol. The fourth-order valence-electron chi connectivity index (χ4n) is 3.90. The molecule has 4 nitrogen and oxygen atoms in total. The van der Waals surface area contributed by atoms with Gasteiger partial charge in [-0.1, -0.05) is 6.07 Å². The zero-order valence-electron chi connectivity index (χ0n) is 14.5. The number of benzene rings is 1. The summed E-state index contributed by atoms with van der Waals surface area (Å²) in [6, 6.07) is 3.68. The van der Waals surface area contributed by atoms with Gasteiger partial charge in [0.1, 0.15) is 5.78 Å². The summed E-state index contributed by atoms with van der Waals surface area (Å²) in [6.45, 7) is 4.42. The number of rotatable bonds is 5. The molecule has 1 aromatic carbocycles. The van der Waals surface area contributed by atoms with Crippen molar-refractivity contribution in [2.75, 3.05) is 19.6 Å².